The zero-order valence-electron chi connectivity index (χ0n) is 10.6. The number of hydrogen-bond acceptors (Lipinski definition) is 4. The van der Waals surface area contributed by atoms with Crippen LogP contribution in [-0.2, 0) is 0 Å². The van der Waals surface area contributed by atoms with Crippen molar-refractivity contribution in [1.29, 1.82) is 0 Å². The standard InChI is InChI=1S/C11H25N3O2/c1-4-14(8-9-15)7-5-6-11(2,3)10(12)13-16/h15-16H,4-9H2,1-3H3,(H2,12,13). The smallest absolute Gasteiger partial charge is 0.144 e. The van der Waals surface area contributed by atoms with E-state index in [-0.39, 0.29) is 17.9 Å². The molecule has 0 aliphatic heterocycles. The Morgan fingerprint density at radius 1 is 1.38 bits per heavy atom. The van der Waals surface area contributed by atoms with E-state index >= 15 is 0 Å². The van der Waals surface area contributed by atoms with Crippen LogP contribution in [0.1, 0.15) is 33.6 Å². The number of amidine groups is 1. The van der Waals surface area contributed by atoms with Gasteiger partial charge in [0.1, 0.15) is 5.84 Å². The van der Waals surface area contributed by atoms with Gasteiger partial charge in [-0.05, 0) is 25.9 Å². The molecule has 0 spiro atoms. The molecule has 0 rings (SSSR count). The highest BCUT2D eigenvalue weighted by molar-refractivity contribution is 5.85. The quantitative estimate of drug-likeness (QED) is 0.250. The molecule has 0 bridgehead atoms. The van der Waals surface area contributed by atoms with Gasteiger partial charge in [0.2, 0.25) is 0 Å². The molecule has 0 saturated heterocycles. The molecule has 0 saturated carbocycles. The summed E-state index contributed by atoms with van der Waals surface area (Å²) in [5.74, 6) is 0.276. The van der Waals surface area contributed by atoms with E-state index in [0.29, 0.717) is 6.54 Å². The fourth-order valence-corrected chi connectivity index (χ4v) is 1.58. The van der Waals surface area contributed by atoms with Crippen LogP contribution in [0.3, 0.4) is 0 Å². The lowest BCUT2D eigenvalue weighted by atomic mass is 9.86. The Hall–Kier alpha value is -0.810. The van der Waals surface area contributed by atoms with Crippen molar-refractivity contribution in [2.75, 3.05) is 26.2 Å². The van der Waals surface area contributed by atoms with E-state index in [0.717, 1.165) is 25.9 Å². The Morgan fingerprint density at radius 3 is 2.44 bits per heavy atom. The molecule has 0 aliphatic carbocycles. The van der Waals surface area contributed by atoms with Crippen LogP contribution in [0, 0.1) is 5.41 Å². The van der Waals surface area contributed by atoms with E-state index in [2.05, 4.69) is 17.0 Å². The SMILES string of the molecule is CCN(CCO)CCCC(C)(C)C(N)=NO. The van der Waals surface area contributed by atoms with Crippen molar-refractivity contribution in [2.24, 2.45) is 16.3 Å². The first kappa shape index (κ1) is 15.2. The van der Waals surface area contributed by atoms with Crippen LogP contribution in [0.2, 0.25) is 0 Å². The van der Waals surface area contributed by atoms with Crippen LogP contribution in [0.15, 0.2) is 5.16 Å². The summed E-state index contributed by atoms with van der Waals surface area (Å²) in [6.07, 6.45) is 1.84. The van der Waals surface area contributed by atoms with Crippen LogP contribution < -0.4 is 5.73 Å². The molecular weight excluding hydrogens is 206 g/mol. The molecule has 0 aromatic rings. The largest absolute Gasteiger partial charge is 0.409 e. The minimum atomic E-state index is -0.270. The fourth-order valence-electron chi connectivity index (χ4n) is 1.58. The van der Waals surface area contributed by atoms with Crippen molar-refractivity contribution in [3.05, 3.63) is 0 Å². The summed E-state index contributed by atoms with van der Waals surface area (Å²) < 4.78 is 0. The maximum atomic E-state index is 8.84. The first-order valence-corrected chi connectivity index (χ1v) is 5.79. The van der Waals surface area contributed by atoms with Crippen LogP contribution >= 0.6 is 0 Å². The Kier molecular flexibility index (Phi) is 7.08. The van der Waals surface area contributed by atoms with Gasteiger partial charge in [-0.3, -0.25) is 0 Å². The third kappa shape index (κ3) is 5.32. The molecule has 0 amide bonds. The normalized spacial score (nSPS) is 13.4. The second-order valence-corrected chi connectivity index (χ2v) is 4.63. The third-order valence-corrected chi connectivity index (χ3v) is 2.94. The van der Waals surface area contributed by atoms with Crippen molar-refractivity contribution in [1.82, 2.24) is 4.90 Å². The van der Waals surface area contributed by atoms with E-state index < -0.39 is 0 Å². The number of aliphatic hydroxyl groups excluding tert-OH is 1. The molecular formula is C11H25N3O2. The fraction of sp³-hybridized carbons (Fsp3) is 0.909. The summed E-state index contributed by atoms with van der Waals surface area (Å²) >= 11 is 0. The first-order chi connectivity index (χ1) is 7.47. The van der Waals surface area contributed by atoms with E-state index in [1.54, 1.807) is 0 Å². The zero-order chi connectivity index (χ0) is 12.6. The predicted molar refractivity (Wildman–Crippen MR) is 65.6 cm³/mol. The number of oxime groups is 1. The lowest BCUT2D eigenvalue weighted by molar-refractivity contribution is 0.196. The summed E-state index contributed by atoms with van der Waals surface area (Å²) in [6, 6.07) is 0. The molecule has 16 heavy (non-hydrogen) atoms. The Morgan fingerprint density at radius 2 is 2.00 bits per heavy atom. The van der Waals surface area contributed by atoms with E-state index in [1.807, 2.05) is 13.8 Å². The molecule has 0 aromatic carbocycles. The number of rotatable bonds is 8. The molecule has 5 nitrogen and oxygen atoms in total. The molecule has 96 valence electrons. The molecule has 0 atom stereocenters. The Balaban J connectivity index is 3.96. The number of hydrogen-bond donors (Lipinski definition) is 3. The Labute approximate surface area is 97.9 Å². The van der Waals surface area contributed by atoms with Crippen LogP contribution in [0.25, 0.3) is 0 Å². The highest BCUT2D eigenvalue weighted by atomic mass is 16.4. The summed E-state index contributed by atoms with van der Waals surface area (Å²) in [7, 11) is 0. The van der Waals surface area contributed by atoms with Gasteiger partial charge < -0.3 is 20.9 Å². The lowest BCUT2D eigenvalue weighted by Gasteiger charge is -2.25. The van der Waals surface area contributed by atoms with Gasteiger partial charge in [-0.2, -0.15) is 0 Å². The first-order valence-electron chi connectivity index (χ1n) is 5.79. The van der Waals surface area contributed by atoms with Gasteiger partial charge in [-0.15, -0.1) is 0 Å². The highest BCUT2D eigenvalue weighted by Crippen LogP contribution is 2.22. The molecule has 0 unspecified atom stereocenters. The van der Waals surface area contributed by atoms with E-state index in [1.165, 1.54) is 0 Å². The maximum Gasteiger partial charge on any atom is 0.144 e. The zero-order valence-corrected chi connectivity index (χ0v) is 10.6. The Bertz CT molecular complexity index is 217. The molecule has 0 aromatic heterocycles. The van der Waals surface area contributed by atoms with Crippen molar-refractivity contribution in [3.63, 3.8) is 0 Å². The van der Waals surface area contributed by atoms with Gasteiger partial charge >= 0.3 is 0 Å². The molecule has 4 N–H and O–H groups in total. The third-order valence-electron chi connectivity index (χ3n) is 2.94. The van der Waals surface area contributed by atoms with Crippen LogP contribution in [-0.4, -0.2) is 47.3 Å². The summed E-state index contributed by atoms with van der Waals surface area (Å²) in [6.45, 7) is 8.76. The molecule has 0 fully saturated rings. The van der Waals surface area contributed by atoms with Gasteiger partial charge in [0.15, 0.2) is 0 Å². The van der Waals surface area contributed by atoms with Gasteiger partial charge in [0.05, 0.1) is 6.61 Å². The van der Waals surface area contributed by atoms with Gasteiger partial charge in [-0.25, -0.2) is 0 Å². The summed E-state index contributed by atoms with van der Waals surface area (Å²) in [4.78, 5) is 2.18. The molecule has 0 heterocycles. The van der Waals surface area contributed by atoms with E-state index in [9.17, 15) is 0 Å². The number of likely N-dealkylation sites (N-methyl/N-ethyl adjacent to an activating group) is 1. The lowest BCUT2D eigenvalue weighted by Crippen LogP contribution is -2.34. The van der Waals surface area contributed by atoms with Crippen molar-refractivity contribution in [3.8, 4) is 0 Å². The summed E-state index contributed by atoms with van der Waals surface area (Å²) in [5, 5.41) is 20.5. The number of nitrogens with zero attached hydrogens (tertiary/aromatic N) is 2. The average Bonchev–Trinajstić information content (AvgIpc) is 2.26. The van der Waals surface area contributed by atoms with Crippen molar-refractivity contribution in [2.45, 2.75) is 33.6 Å². The van der Waals surface area contributed by atoms with Crippen molar-refractivity contribution < 1.29 is 10.3 Å². The van der Waals surface area contributed by atoms with Gasteiger partial charge in [0.25, 0.3) is 0 Å². The maximum absolute atomic E-state index is 8.84. The second kappa shape index (κ2) is 7.46. The average molecular weight is 231 g/mol. The molecule has 5 heteroatoms. The summed E-state index contributed by atoms with van der Waals surface area (Å²) in [5.41, 5.74) is 5.33. The highest BCUT2D eigenvalue weighted by Gasteiger charge is 2.23. The second-order valence-electron chi connectivity index (χ2n) is 4.63. The topological polar surface area (TPSA) is 82.1 Å². The van der Waals surface area contributed by atoms with E-state index in [4.69, 9.17) is 16.0 Å². The molecule has 0 aliphatic rings. The number of aliphatic hydroxyl groups is 1. The minimum absolute atomic E-state index is 0.192. The monoisotopic (exact) mass is 231 g/mol. The van der Waals surface area contributed by atoms with Crippen molar-refractivity contribution >= 4 is 5.84 Å². The van der Waals surface area contributed by atoms with Gasteiger partial charge in [0, 0.05) is 12.0 Å². The van der Waals surface area contributed by atoms with Gasteiger partial charge in [-0.1, -0.05) is 25.9 Å². The minimum Gasteiger partial charge on any atom is -0.409 e. The van der Waals surface area contributed by atoms with Crippen LogP contribution in [0.4, 0.5) is 0 Å². The molecule has 0 radical (unpaired) electrons. The van der Waals surface area contributed by atoms with Crippen LogP contribution in [0.5, 0.6) is 0 Å². The predicted octanol–water partition coefficient (Wildman–Crippen LogP) is 0.853. The number of nitrogens with two attached hydrogens (primary N) is 1.